The molecule has 2 N–H and O–H groups in total. The van der Waals surface area contributed by atoms with E-state index < -0.39 is 0 Å². The Morgan fingerprint density at radius 3 is 3.00 bits per heavy atom. The molecule has 0 aliphatic heterocycles. The van der Waals surface area contributed by atoms with Crippen molar-refractivity contribution < 1.29 is 0 Å². The van der Waals surface area contributed by atoms with Crippen LogP contribution in [0, 0.1) is 0 Å². The van der Waals surface area contributed by atoms with Crippen LogP contribution in [0.3, 0.4) is 0 Å². The number of nitrogens with zero attached hydrogens (tertiary/aromatic N) is 3. The first-order valence-corrected chi connectivity index (χ1v) is 7.59. The molecule has 0 fully saturated rings. The summed E-state index contributed by atoms with van der Waals surface area (Å²) in [4.78, 5) is 15.9. The Balaban J connectivity index is 2.09. The van der Waals surface area contributed by atoms with Crippen molar-refractivity contribution >= 4 is 17.6 Å². The summed E-state index contributed by atoms with van der Waals surface area (Å²) in [6, 6.07) is 4.08. The van der Waals surface area contributed by atoms with E-state index in [4.69, 9.17) is 0 Å². The van der Waals surface area contributed by atoms with E-state index in [9.17, 15) is 4.79 Å². The van der Waals surface area contributed by atoms with Crippen molar-refractivity contribution in [1.82, 2.24) is 19.7 Å². The Bertz CT molecular complexity index is 619. The van der Waals surface area contributed by atoms with Crippen molar-refractivity contribution in [3.63, 3.8) is 0 Å². The fourth-order valence-electron chi connectivity index (χ4n) is 1.84. The number of pyridine rings is 1. The van der Waals surface area contributed by atoms with Crippen LogP contribution in [0.5, 0.6) is 0 Å². The smallest absolute Gasteiger partial charge is 0.344 e. The first kappa shape index (κ1) is 14.6. The molecule has 0 aromatic carbocycles. The van der Waals surface area contributed by atoms with Gasteiger partial charge in [0.05, 0.1) is 0 Å². The van der Waals surface area contributed by atoms with E-state index >= 15 is 0 Å². The SMILES string of the molecule is CCNc1cc(CSc2n[nH]c(=O)n2C(C)C)ccn1. The highest BCUT2D eigenvalue weighted by atomic mass is 32.2. The molecule has 0 amide bonds. The van der Waals surface area contributed by atoms with Gasteiger partial charge in [-0.25, -0.2) is 14.9 Å². The lowest BCUT2D eigenvalue weighted by molar-refractivity contribution is 0.534. The molecular formula is C13H19N5OS. The van der Waals surface area contributed by atoms with Crippen LogP contribution in [0.2, 0.25) is 0 Å². The van der Waals surface area contributed by atoms with Gasteiger partial charge in [-0.3, -0.25) is 4.57 Å². The van der Waals surface area contributed by atoms with Crippen molar-refractivity contribution in [3.8, 4) is 0 Å². The molecule has 0 unspecified atom stereocenters. The molecule has 0 radical (unpaired) electrons. The molecule has 2 rings (SSSR count). The third-order valence-electron chi connectivity index (χ3n) is 2.74. The van der Waals surface area contributed by atoms with E-state index in [1.54, 1.807) is 22.5 Å². The van der Waals surface area contributed by atoms with Crippen molar-refractivity contribution in [1.29, 1.82) is 0 Å². The molecule has 2 heterocycles. The number of hydrogen-bond donors (Lipinski definition) is 2. The Morgan fingerprint density at radius 2 is 2.30 bits per heavy atom. The van der Waals surface area contributed by atoms with Crippen molar-refractivity contribution in [2.75, 3.05) is 11.9 Å². The molecular weight excluding hydrogens is 274 g/mol. The highest BCUT2D eigenvalue weighted by molar-refractivity contribution is 7.98. The van der Waals surface area contributed by atoms with Gasteiger partial charge >= 0.3 is 5.69 Å². The number of rotatable bonds is 6. The normalized spacial score (nSPS) is 11.0. The number of anilines is 1. The van der Waals surface area contributed by atoms with Crippen LogP contribution in [-0.4, -0.2) is 26.3 Å². The predicted molar refractivity (Wildman–Crippen MR) is 81.2 cm³/mol. The van der Waals surface area contributed by atoms with E-state index in [-0.39, 0.29) is 11.7 Å². The first-order valence-electron chi connectivity index (χ1n) is 6.60. The Labute approximate surface area is 122 Å². The maximum absolute atomic E-state index is 11.6. The number of aromatic amines is 1. The Kier molecular flexibility index (Phi) is 4.84. The summed E-state index contributed by atoms with van der Waals surface area (Å²) >= 11 is 1.54. The quantitative estimate of drug-likeness (QED) is 0.799. The molecule has 108 valence electrons. The number of nitrogens with one attached hydrogen (secondary N) is 2. The van der Waals surface area contributed by atoms with Gasteiger partial charge in [-0.2, -0.15) is 0 Å². The maximum Gasteiger partial charge on any atom is 0.344 e. The van der Waals surface area contributed by atoms with Gasteiger partial charge in [0.2, 0.25) is 0 Å². The summed E-state index contributed by atoms with van der Waals surface area (Å²) in [7, 11) is 0. The zero-order valence-corrected chi connectivity index (χ0v) is 12.7. The molecule has 0 atom stereocenters. The second-order valence-corrected chi connectivity index (χ2v) is 5.59. The third-order valence-corrected chi connectivity index (χ3v) is 3.76. The van der Waals surface area contributed by atoms with Gasteiger partial charge in [-0.1, -0.05) is 11.8 Å². The lowest BCUT2D eigenvalue weighted by Crippen LogP contribution is -2.19. The number of thioether (sulfide) groups is 1. The molecule has 6 nitrogen and oxygen atoms in total. The van der Waals surface area contributed by atoms with Crippen LogP contribution < -0.4 is 11.0 Å². The maximum atomic E-state index is 11.6. The molecule has 0 bridgehead atoms. The minimum absolute atomic E-state index is 0.0958. The van der Waals surface area contributed by atoms with Crippen LogP contribution in [-0.2, 0) is 5.75 Å². The molecule has 0 spiro atoms. The fourth-order valence-corrected chi connectivity index (χ4v) is 2.86. The van der Waals surface area contributed by atoms with Crippen LogP contribution in [0.15, 0.2) is 28.3 Å². The van der Waals surface area contributed by atoms with Crippen molar-refractivity contribution in [3.05, 3.63) is 34.4 Å². The summed E-state index contributed by atoms with van der Waals surface area (Å²) in [6.07, 6.45) is 1.79. The zero-order chi connectivity index (χ0) is 14.5. The summed E-state index contributed by atoms with van der Waals surface area (Å²) < 4.78 is 1.66. The van der Waals surface area contributed by atoms with Gasteiger partial charge in [-0.05, 0) is 38.5 Å². The summed E-state index contributed by atoms with van der Waals surface area (Å²) in [5.41, 5.74) is 0.984. The van der Waals surface area contributed by atoms with E-state index in [1.807, 2.05) is 32.9 Å². The highest BCUT2D eigenvalue weighted by Gasteiger charge is 2.11. The van der Waals surface area contributed by atoms with E-state index in [2.05, 4.69) is 20.5 Å². The zero-order valence-electron chi connectivity index (χ0n) is 11.9. The van der Waals surface area contributed by atoms with Crippen LogP contribution in [0.4, 0.5) is 5.82 Å². The minimum atomic E-state index is -0.162. The predicted octanol–water partition coefficient (Wildman–Crippen LogP) is 2.27. The van der Waals surface area contributed by atoms with Crippen molar-refractivity contribution in [2.45, 2.75) is 37.7 Å². The van der Waals surface area contributed by atoms with Gasteiger partial charge in [0.15, 0.2) is 5.16 Å². The Morgan fingerprint density at radius 1 is 1.50 bits per heavy atom. The lowest BCUT2D eigenvalue weighted by atomic mass is 10.3. The minimum Gasteiger partial charge on any atom is -0.370 e. The van der Waals surface area contributed by atoms with E-state index in [1.165, 1.54) is 0 Å². The van der Waals surface area contributed by atoms with Gasteiger partial charge in [0.1, 0.15) is 5.82 Å². The Hall–Kier alpha value is -1.76. The van der Waals surface area contributed by atoms with Gasteiger partial charge in [0.25, 0.3) is 0 Å². The summed E-state index contributed by atoms with van der Waals surface area (Å²) in [5.74, 6) is 1.62. The van der Waals surface area contributed by atoms with Crippen LogP contribution >= 0.6 is 11.8 Å². The summed E-state index contributed by atoms with van der Waals surface area (Å²) in [6.45, 7) is 6.82. The lowest BCUT2D eigenvalue weighted by Gasteiger charge is -2.09. The fraction of sp³-hybridized carbons (Fsp3) is 0.462. The topological polar surface area (TPSA) is 75.6 Å². The van der Waals surface area contributed by atoms with Gasteiger partial charge in [-0.15, -0.1) is 5.10 Å². The molecule has 0 aliphatic rings. The molecule has 2 aromatic rings. The second kappa shape index (κ2) is 6.60. The van der Waals surface area contributed by atoms with Gasteiger partial charge < -0.3 is 5.32 Å². The molecule has 0 aliphatic carbocycles. The monoisotopic (exact) mass is 293 g/mol. The van der Waals surface area contributed by atoms with E-state index in [0.29, 0.717) is 5.16 Å². The second-order valence-electron chi connectivity index (χ2n) is 4.64. The molecule has 20 heavy (non-hydrogen) atoms. The average Bonchev–Trinajstić information content (AvgIpc) is 2.78. The molecule has 0 saturated heterocycles. The van der Waals surface area contributed by atoms with Crippen LogP contribution in [0.25, 0.3) is 0 Å². The number of aromatic nitrogens is 4. The molecule has 0 saturated carbocycles. The number of hydrogen-bond acceptors (Lipinski definition) is 5. The largest absolute Gasteiger partial charge is 0.370 e. The average molecular weight is 293 g/mol. The number of H-pyrrole nitrogens is 1. The molecule has 7 heteroatoms. The standard InChI is InChI=1S/C13H19N5OS/c1-4-14-11-7-10(5-6-15-11)8-20-13-17-16-12(19)18(13)9(2)3/h5-7,9H,4,8H2,1-3H3,(H,14,15)(H,16,19). The third kappa shape index (κ3) is 3.41. The first-order chi connectivity index (χ1) is 9.61. The summed E-state index contributed by atoms with van der Waals surface area (Å²) in [5, 5.41) is 10.5. The van der Waals surface area contributed by atoms with Crippen LogP contribution in [0.1, 0.15) is 32.4 Å². The van der Waals surface area contributed by atoms with Crippen molar-refractivity contribution in [2.24, 2.45) is 0 Å². The molecule has 2 aromatic heterocycles. The highest BCUT2D eigenvalue weighted by Crippen LogP contribution is 2.22. The van der Waals surface area contributed by atoms with E-state index in [0.717, 1.165) is 23.7 Å². The van der Waals surface area contributed by atoms with Gasteiger partial charge in [0, 0.05) is 24.5 Å².